The Balaban J connectivity index is 2.45. The van der Waals surface area contributed by atoms with Gasteiger partial charge in [-0.1, -0.05) is 24.3 Å². The Labute approximate surface area is 136 Å². The Morgan fingerprint density at radius 1 is 0.957 bits per heavy atom. The fraction of sp³-hybridized carbons (Fsp3) is 0.278. The second-order valence-corrected chi connectivity index (χ2v) is 5.04. The first kappa shape index (κ1) is 17.0. The van der Waals surface area contributed by atoms with E-state index in [1.54, 1.807) is 43.5 Å². The Morgan fingerprint density at radius 3 is 2.09 bits per heavy atom. The van der Waals surface area contributed by atoms with Crippen molar-refractivity contribution in [3.05, 3.63) is 59.7 Å². The van der Waals surface area contributed by atoms with Crippen molar-refractivity contribution in [1.82, 2.24) is 0 Å². The summed E-state index contributed by atoms with van der Waals surface area (Å²) < 4.78 is 15.8. The van der Waals surface area contributed by atoms with E-state index in [1.807, 2.05) is 12.1 Å². The fourth-order valence-corrected chi connectivity index (χ4v) is 2.50. The summed E-state index contributed by atoms with van der Waals surface area (Å²) in [6.07, 6.45) is -0.712. The van der Waals surface area contributed by atoms with Gasteiger partial charge < -0.3 is 19.9 Å². The van der Waals surface area contributed by atoms with Crippen molar-refractivity contribution in [2.24, 2.45) is 0 Å². The number of benzene rings is 2. The van der Waals surface area contributed by atoms with Gasteiger partial charge in [0.15, 0.2) is 12.1 Å². The van der Waals surface area contributed by atoms with Crippen molar-refractivity contribution in [2.75, 3.05) is 27.1 Å². The maximum atomic E-state index is 13.0. The van der Waals surface area contributed by atoms with Crippen LogP contribution in [0, 0.1) is 0 Å². The van der Waals surface area contributed by atoms with Gasteiger partial charge in [0.05, 0.1) is 13.0 Å². The van der Waals surface area contributed by atoms with Gasteiger partial charge >= 0.3 is 0 Å². The predicted molar refractivity (Wildman–Crippen MR) is 88.7 cm³/mol. The summed E-state index contributed by atoms with van der Waals surface area (Å²) in [7, 11) is 4.61. The molecule has 5 nitrogen and oxygen atoms in total. The molecule has 0 aliphatic rings. The zero-order chi connectivity index (χ0) is 16.8. The highest BCUT2D eigenvalue weighted by Crippen LogP contribution is 2.30. The molecule has 0 aliphatic carbocycles. The quantitative estimate of drug-likeness (QED) is 0.483. The van der Waals surface area contributed by atoms with Gasteiger partial charge in [0.1, 0.15) is 5.75 Å². The molecule has 0 bridgehead atoms. The molecule has 2 aromatic rings. The zero-order valence-electron chi connectivity index (χ0n) is 13.5. The van der Waals surface area contributed by atoms with E-state index in [1.165, 1.54) is 14.2 Å². The topological polar surface area (TPSA) is 70.8 Å². The molecule has 23 heavy (non-hydrogen) atoms. The fourth-order valence-electron chi connectivity index (χ4n) is 2.50. The molecule has 0 aromatic heterocycles. The second-order valence-electron chi connectivity index (χ2n) is 5.04. The molecule has 0 saturated carbocycles. The maximum Gasteiger partial charge on any atom is 0.177 e. The van der Waals surface area contributed by atoms with Gasteiger partial charge in [-0.05, 0) is 29.8 Å². The lowest BCUT2D eigenvalue weighted by Gasteiger charge is -2.24. The molecule has 0 spiro atoms. The van der Waals surface area contributed by atoms with Crippen molar-refractivity contribution in [3.63, 3.8) is 0 Å². The van der Waals surface area contributed by atoms with Crippen LogP contribution >= 0.6 is 0 Å². The number of carbonyl (C=O) groups is 1. The predicted octanol–water partition coefficient (Wildman–Crippen LogP) is 2.86. The summed E-state index contributed by atoms with van der Waals surface area (Å²) in [6.45, 7) is 0. The van der Waals surface area contributed by atoms with Gasteiger partial charge in [0, 0.05) is 25.5 Å². The van der Waals surface area contributed by atoms with E-state index in [9.17, 15) is 4.79 Å². The molecule has 1 unspecified atom stereocenters. The number of nitrogen functional groups attached to an aromatic ring is 1. The summed E-state index contributed by atoms with van der Waals surface area (Å²) in [6, 6.07) is 14.2. The van der Waals surface area contributed by atoms with Crippen molar-refractivity contribution >= 4 is 11.5 Å². The second kappa shape index (κ2) is 7.76. The van der Waals surface area contributed by atoms with Crippen LogP contribution in [0.1, 0.15) is 21.8 Å². The third-order valence-corrected chi connectivity index (χ3v) is 3.72. The Hall–Kier alpha value is -2.37. The van der Waals surface area contributed by atoms with Gasteiger partial charge in [-0.3, -0.25) is 4.79 Å². The number of hydrogen-bond acceptors (Lipinski definition) is 5. The summed E-state index contributed by atoms with van der Waals surface area (Å²) in [5.41, 5.74) is 7.60. The molecule has 122 valence electrons. The molecular weight excluding hydrogens is 294 g/mol. The Bertz CT molecular complexity index is 650. The molecule has 2 aromatic carbocycles. The van der Waals surface area contributed by atoms with Gasteiger partial charge in [-0.15, -0.1) is 0 Å². The van der Waals surface area contributed by atoms with Crippen molar-refractivity contribution in [2.45, 2.75) is 12.2 Å². The average molecular weight is 315 g/mol. The zero-order valence-corrected chi connectivity index (χ0v) is 13.5. The van der Waals surface area contributed by atoms with E-state index < -0.39 is 12.2 Å². The first-order valence-corrected chi connectivity index (χ1v) is 7.20. The largest absolute Gasteiger partial charge is 0.497 e. The first-order valence-electron chi connectivity index (χ1n) is 7.20. The van der Waals surface area contributed by atoms with Gasteiger partial charge in [-0.25, -0.2) is 0 Å². The number of nitrogens with two attached hydrogens (primary N) is 1. The number of hydrogen-bond donors (Lipinski definition) is 1. The number of ether oxygens (including phenoxy) is 3. The lowest BCUT2D eigenvalue weighted by atomic mass is 9.89. The first-order chi connectivity index (χ1) is 11.1. The van der Waals surface area contributed by atoms with Crippen LogP contribution < -0.4 is 10.5 Å². The van der Waals surface area contributed by atoms with Crippen molar-refractivity contribution < 1.29 is 19.0 Å². The maximum absolute atomic E-state index is 13.0. The van der Waals surface area contributed by atoms with Crippen LogP contribution in [-0.4, -0.2) is 33.4 Å². The molecule has 0 fully saturated rings. The summed E-state index contributed by atoms with van der Waals surface area (Å²) in [5.74, 6) is -0.0619. The molecule has 0 saturated heterocycles. The van der Waals surface area contributed by atoms with Crippen LogP contribution in [0.15, 0.2) is 48.5 Å². The van der Waals surface area contributed by atoms with Crippen LogP contribution in [0.3, 0.4) is 0 Å². The lowest BCUT2D eigenvalue weighted by Crippen LogP contribution is -2.30. The Kier molecular flexibility index (Phi) is 5.73. The standard InChI is InChI=1S/C18H21NO4/c1-21-13-10-8-12(9-11-13)16(18(22-2)23-3)17(20)14-6-4-5-7-15(14)19/h4-11,16,18H,19H2,1-3H3. The normalized spacial score (nSPS) is 12.2. The van der Waals surface area contributed by atoms with Crippen molar-refractivity contribution in [1.29, 1.82) is 0 Å². The number of para-hydroxylation sites is 1. The summed E-state index contributed by atoms with van der Waals surface area (Å²) in [4.78, 5) is 13.0. The minimum atomic E-state index is -0.712. The number of carbonyl (C=O) groups excluding carboxylic acids is 1. The average Bonchev–Trinajstić information content (AvgIpc) is 2.59. The summed E-state index contributed by atoms with van der Waals surface area (Å²) >= 11 is 0. The minimum Gasteiger partial charge on any atom is -0.497 e. The van der Waals surface area contributed by atoms with Crippen molar-refractivity contribution in [3.8, 4) is 5.75 Å². The number of Topliss-reactive ketones (excluding diaryl/α,β-unsaturated/α-hetero) is 1. The number of methoxy groups -OCH3 is 3. The number of anilines is 1. The van der Waals surface area contributed by atoms with Crippen LogP contribution in [0.2, 0.25) is 0 Å². The smallest absolute Gasteiger partial charge is 0.177 e. The van der Waals surface area contributed by atoms with E-state index in [4.69, 9.17) is 19.9 Å². The van der Waals surface area contributed by atoms with Gasteiger partial charge in [-0.2, -0.15) is 0 Å². The highest BCUT2D eigenvalue weighted by Gasteiger charge is 2.32. The molecule has 0 aliphatic heterocycles. The molecule has 2 N–H and O–H groups in total. The van der Waals surface area contributed by atoms with E-state index in [2.05, 4.69) is 0 Å². The van der Waals surface area contributed by atoms with Crippen LogP contribution in [0.4, 0.5) is 5.69 Å². The van der Waals surface area contributed by atoms with E-state index in [-0.39, 0.29) is 5.78 Å². The lowest BCUT2D eigenvalue weighted by molar-refractivity contribution is -0.110. The SMILES string of the molecule is COc1ccc(C(C(=O)c2ccccc2N)C(OC)OC)cc1. The molecule has 5 heteroatoms. The third kappa shape index (κ3) is 3.70. The van der Waals surface area contributed by atoms with Gasteiger partial charge in [0.2, 0.25) is 0 Å². The highest BCUT2D eigenvalue weighted by atomic mass is 16.7. The minimum absolute atomic E-state index is 0.151. The van der Waals surface area contributed by atoms with E-state index >= 15 is 0 Å². The number of ketones is 1. The molecule has 0 heterocycles. The Morgan fingerprint density at radius 2 is 1.57 bits per heavy atom. The van der Waals surface area contributed by atoms with Crippen LogP contribution in [0.25, 0.3) is 0 Å². The molecule has 2 rings (SSSR count). The van der Waals surface area contributed by atoms with E-state index in [0.717, 1.165) is 5.56 Å². The third-order valence-electron chi connectivity index (χ3n) is 3.72. The van der Waals surface area contributed by atoms with Crippen LogP contribution in [-0.2, 0) is 9.47 Å². The van der Waals surface area contributed by atoms with Crippen LogP contribution in [0.5, 0.6) is 5.75 Å². The molecule has 0 radical (unpaired) electrons. The molecule has 1 atom stereocenters. The summed E-state index contributed by atoms with van der Waals surface area (Å²) in [5, 5.41) is 0. The number of rotatable bonds is 7. The van der Waals surface area contributed by atoms with E-state index in [0.29, 0.717) is 17.0 Å². The molecule has 0 amide bonds. The monoisotopic (exact) mass is 315 g/mol. The highest BCUT2D eigenvalue weighted by molar-refractivity contribution is 6.05. The molecular formula is C18H21NO4. The van der Waals surface area contributed by atoms with Gasteiger partial charge in [0.25, 0.3) is 0 Å².